The molecule has 1 heterocycles. The van der Waals surface area contributed by atoms with Gasteiger partial charge >= 0.3 is 0 Å². The Kier molecular flexibility index (Phi) is 4.59. The van der Waals surface area contributed by atoms with Crippen molar-refractivity contribution in [1.82, 2.24) is 10.3 Å². The number of rotatable bonds is 4. The van der Waals surface area contributed by atoms with E-state index in [4.69, 9.17) is 23.2 Å². The van der Waals surface area contributed by atoms with Crippen LogP contribution >= 0.6 is 23.2 Å². The van der Waals surface area contributed by atoms with Crippen LogP contribution in [0.25, 0.3) is 0 Å². The second-order valence-corrected chi connectivity index (χ2v) is 5.06. The molecule has 0 radical (unpaired) electrons. The first-order valence-corrected chi connectivity index (χ1v) is 6.46. The van der Waals surface area contributed by atoms with Gasteiger partial charge in [-0.15, -0.1) is 0 Å². The number of hydrogen-bond donors (Lipinski definition) is 1. The summed E-state index contributed by atoms with van der Waals surface area (Å²) in [6.45, 7) is 3.60. The molecule has 94 valence electrons. The number of halogens is 2. The molecule has 0 atom stereocenters. The highest BCUT2D eigenvalue weighted by molar-refractivity contribution is 6.34. The van der Waals surface area contributed by atoms with Gasteiger partial charge in [-0.3, -0.25) is 4.98 Å². The fourth-order valence-corrected chi connectivity index (χ4v) is 2.33. The van der Waals surface area contributed by atoms with E-state index in [2.05, 4.69) is 17.2 Å². The number of nitrogens with one attached hydrogen (secondary N) is 1. The maximum Gasteiger partial charge on any atom is 0.0424 e. The second-order valence-electron chi connectivity index (χ2n) is 4.18. The van der Waals surface area contributed by atoms with Gasteiger partial charge in [0, 0.05) is 35.5 Å². The lowest BCUT2D eigenvalue weighted by molar-refractivity contribution is 0.690. The molecule has 0 aliphatic rings. The number of pyridine rings is 1. The van der Waals surface area contributed by atoms with Gasteiger partial charge in [0.25, 0.3) is 0 Å². The molecule has 1 N–H and O–H groups in total. The SMILES string of the molecule is Cc1cnccc1CNCc1cc(Cl)cc(Cl)c1. The van der Waals surface area contributed by atoms with Gasteiger partial charge in [-0.25, -0.2) is 0 Å². The summed E-state index contributed by atoms with van der Waals surface area (Å²) in [5.41, 5.74) is 3.52. The van der Waals surface area contributed by atoms with Gasteiger partial charge in [-0.05, 0) is 47.9 Å². The summed E-state index contributed by atoms with van der Waals surface area (Å²) in [5.74, 6) is 0. The summed E-state index contributed by atoms with van der Waals surface area (Å²) < 4.78 is 0. The Balaban J connectivity index is 1.94. The molecule has 2 aromatic rings. The molecule has 0 bridgehead atoms. The average Bonchev–Trinajstić information content (AvgIpc) is 2.30. The van der Waals surface area contributed by atoms with E-state index in [-0.39, 0.29) is 0 Å². The smallest absolute Gasteiger partial charge is 0.0424 e. The van der Waals surface area contributed by atoms with Crippen molar-refractivity contribution in [3.05, 3.63) is 63.4 Å². The van der Waals surface area contributed by atoms with Crippen LogP contribution < -0.4 is 5.32 Å². The Morgan fingerprint density at radius 1 is 1.11 bits per heavy atom. The molecule has 4 heteroatoms. The number of aromatic nitrogens is 1. The third-order valence-corrected chi connectivity index (χ3v) is 3.14. The highest BCUT2D eigenvalue weighted by Gasteiger charge is 2.00. The van der Waals surface area contributed by atoms with Gasteiger partial charge in [0.2, 0.25) is 0 Å². The van der Waals surface area contributed by atoms with Crippen LogP contribution in [0, 0.1) is 6.92 Å². The van der Waals surface area contributed by atoms with Crippen molar-refractivity contribution in [2.24, 2.45) is 0 Å². The highest BCUT2D eigenvalue weighted by atomic mass is 35.5. The molecular weight excluding hydrogens is 267 g/mol. The van der Waals surface area contributed by atoms with Crippen LogP contribution in [0.3, 0.4) is 0 Å². The molecule has 0 amide bonds. The van der Waals surface area contributed by atoms with Crippen LogP contribution in [-0.2, 0) is 13.1 Å². The molecule has 0 saturated carbocycles. The molecule has 2 nitrogen and oxygen atoms in total. The highest BCUT2D eigenvalue weighted by Crippen LogP contribution is 2.19. The molecule has 0 unspecified atom stereocenters. The summed E-state index contributed by atoms with van der Waals surface area (Å²) in [6, 6.07) is 7.59. The minimum atomic E-state index is 0.666. The van der Waals surface area contributed by atoms with Crippen molar-refractivity contribution < 1.29 is 0 Å². The van der Waals surface area contributed by atoms with Crippen LogP contribution in [0.5, 0.6) is 0 Å². The summed E-state index contributed by atoms with van der Waals surface area (Å²) in [7, 11) is 0. The predicted molar refractivity (Wildman–Crippen MR) is 76.0 cm³/mol. The van der Waals surface area contributed by atoms with Crippen molar-refractivity contribution in [2.75, 3.05) is 0 Å². The minimum Gasteiger partial charge on any atom is -0.309 e. The minimum absolute atomic E-state index is 0.666. The number of benzene rings is 1. The molecule has 0 fully saturated rings. The van der Waals surface area contributed by atoms with Gasteiger partial charge in [0.05, 0.1) is 0 Å². The summed E-state index contributed by atoms with van der Waals surface area (Å²) >= 11 is 11.9. The molecule has 0 aliphatic carbocycles. The van der Waals surface area contributed by atoms with E-state index in [1.54, 1.807) is 12.3 Å². The maximum absolute atomic E-state index is 5.95. The van der Waals surface area contributed by atoms with Gasteiger partial charge in [0.1, 0.15) is 0 Å². The quantitative estimate of drug-likeness (QED) is 0.916. The predicted octanol–water partition coefficient (Wildman–Crippen LogP) is 3.99. The van der Waals surface area contributed by atoms with E-state index in [0.717, 1.165) is 18.7 Å². The summed E-state index contributed by atoms with van der Waals surface area (Å²) in [6.07, 6.45) is 3.67. The first-order valence-electron chi connectivity index (χ1n) is 5.70. The Bertz CT molecular complexity index is 521. The zero-order chi connectivity index (χ0) is 13.0. The molecule has 1 aromatic heterocycles. The van der Waals surface area contributed by atoms with Gasteiger partial charge in [0.15, 0.2) is 0 Å². The molecule has 0 saturated heterocycles. The van der Waals surface area contributed by atoms with Crippen LogP contribution in [0.15, 0.2) is 36.7 Å². The average molecular weight is 281 g/mol. The fraction of sp³-hybridized carbons (Fsp3) is 0.214. The first-order chi connectivity index (χ1) is 8.65. The van der Waals surface area contributed by atoms with Crippen molar-refractivity contribution in [2.45, 2.75) is 20.0 Å². The van der Waals surface area contributed by atoms with Crippen LogP contribution in [0.2, 0.25) is 10.0 Å². The topological polar surface area (TPSA) is 24.9 Å². The molecule has 0 aliphatic heterocycles. The molecule has 0 spiro atoms. The summed E-state index contributed by atoms with van der Waals surface area (Å²) in [5, 5.41) is 4.70. The number of hydrogen-bond acceptors (Lipinski definition) is 2. The molecular formula is C14H14Cl2N2. The van der Waals surface area contributed by atoms with Crippen molar-refractivity contribution >= 4 is 23.2 Å². The van der Waals surface area contributed by atoms with E-state index in [0.29, 0.717) is 10.0 Å². The van der Waals surface area contributed by atoms with E-state index in [9.17, 15) is 0 Å². The molecule has 2 rings (SSSR count). The second kappa shape index (κ2) is 6.19. The normalized spacial score (nSPS) is 10.6. The van der Waals surface area contributed by atoms with E-state index in [1.807, 2.05) is 24.4 Å². The lowest BCUT2D eigenvalue weighted by Gasteiger charge is -2.08. The van der Waals surface area contributed by atoms with E-state index >= 15 is 0 Å². The van der Waals surface area contributed by atoms with Gasteiger partial charge < -0.3 is 5.32 Å². The summed E-state index contributed by atoms with van der Waals surface area (Å²) in [4.78, 5) is 4.07. The van der Waals surface area contributed by atoms with Crippen molar-refractivity contribution in [3.8, 4) is 0 Å². The van der Waals surface area contributed by atoms with E-state index < -0.39 is 0 Å². The first kappa shape index (κ1) is 13.3. The standard InChI is InChI=1S/C14H14Cl2N2/c1-10-7-17-3-2-12(10)9-18-8-11-4-13(15)6-14(16)5-11/h2-7,18H,8-9H2,1H3. The van der Waals surface area contributed by atoms with E-state index in [1.165, 1.54) is 11.1 Å². The lowest BCUT2D eigenvalue weighted by atomic mass is 10.1. The maximum atomic E-state index is 5.95. The Morgan fingerprint density at radius 3 is 2.50 bits per heavy atom. The molecule has 1 aromatic carbocycles. The number of nitrogens with zero attached hydrogens (tertiary/aromatic N) is 1. The third-order valence-electron chi connectivity index (χ3n) is 2.70. The largest absolute Gasteiger partial charge is 0.309 e. The van der Waals surface area contributed by atoms with Crippen molar-refractivity contribution in [3.63, 3.8) is 0 Å². The van der Waals surface area contributed by atoms with Crippen molar-refractivity contribution in [1.29, 1.82) is 0 Å². The zero-order valence-corrected chi connectivity index (χ0v) is 11.6. The lowest BCUT2D eigenvalue weighted by Crippen LogP contribution is -2.13. The van der Waals surface area contributed by atoms with Gasteiger partial charge in [-0.2, -0.15) is 0 Å². The monoisotopic (exact) mass is 280 g/mol. The van der Waals surface area contributed by atoms with Gasteiger partial charge in [-0.1, -0.05) is 23.2 Å². The van der Waals surface area contributed by atoms with Crippen LogP contribution in [-0.4, -0.2) is 4.98 Å². The molecule has 18 heavy (non-hydrogen) atoms. The Hall–Kier alpha value is -1.09. The zero-order valence-electron chi connectivity index (χ0n) is 10.1. The number of aryl methyl sites for hydroxylation is 1. The Labute approximate surface area is 117 Å². The third kappa shape index (κ3) is 3.70. The van der Waals surface area contributed by atoms with Crippen LogP contribution in [0.4, 0.5) is 0 Å². The Morgan fingerprint density at radius 2 is 1.83 bits per heavy atom. The fourth-order valence-electron chi connectivity index (χ4n) is 1.76. The van der Waals surface area contributed by atoms with Crippen LogP contribution in [0.1, 0.15) is 16.7 Å².